The zero-order valence-corrected chi connectivity index (χ0v) is 9.70. The standard InChI is InChI=1S/C9H11ClO3S/c1-5-4-7(13-3)9(14(11)12)6(2)8(5)10/h4H,1-3H3,(H,11,12). The first kappa shape index (κ1) is 11.5. The normalized spacial score (nSPS) is 12.6. The fraction of sp³-hybridized carbons (Fsp3) is 0.333. The van der Waals surface area contributed by atoms with Crippen LogP contribution in [0.3, 0.4) is 0 Å². The van der Waals surface area contributed by atoms with Crippen LogP contribution in [0.5, 0.6) is 5.75 Å². The third-order valence-corrected chi connectivity index (χ3v) is 3.42. The summed E-state index contributed by atoms with van der Waals surface area (Å²) in [6.45, 7) is 3.52. The predicted molar refractivity (Wildman–Crippen MR) is 56.5 cm³/mol. The quantitative estimate of drug-likeness (QED) is 0.800. The Morgan fingerprint density at radius 3 is 2.50 bits per heavy atom. The van der Waals surface area contributed by atoms with Gasteiger partial charge in [-0.05, 0) is 31.0 Å². The third kappa shape index (κ3) is 1.92. The molecule has 0 saturated heterocycles. The van der Waals surface area contributed by atoms with Gasteiger partial charge in [-0.3, -0.25) is 0 Å². The highest BCUT2D eigenvalue weighted by Gasteiger charge is 2.16. The molecule has 0 saturated carbocycles. The summed E-state index contributed by atoms with van der Waals surface area (Å²) >= 11 is 3.87. The van der Waals surface area contributed by atoms with E-state index < -0.39 is 11.1 Å². The fourth-order valence-electron chi connectivity index (χ4n) is 1.27. The highest BCUT2D eigenvalue weighted by molar-refractivity contribution is 7.79. The van der Waals surface area contributed by atoms with Gasteiger partial charge in [-0.25, -0.2) is 4.21 Å². The second-order valence-electron chi connectivity index (χ2n) is 2.91. The van der Waals surface area contributed by atoms with E-state index in [1.807, 2.05) is 6.92 Å². The van der Waals surface area contributed by atoms with Crippen molar-refractivity contribution in [1.82, 2.24) is 0 Å². The average Bonchev–Trinajstić information content (AvgIpc) is 2.12. The number of hydrogen-bond donors (Lipinski definition) is 1. The van der Waals surface area contributed by atoms with Crippen LogP contribution in [0.2, 0.25) is 5.02 Å². The van der Waals surface area contributed by atoms with Crippen LogP contribution in [-0.2, 0) is 11.1 Å². The smallest absolute Gasteiger partial charge is 0.190 e. The molecule has 0 heterocycles. The molecule has 1 aromatic rings. The van der Waals surface area contributed by atoms with E-state index in [4.69, 9.17) is 20.9 Å². The molecule has 1 rings (SSSR count). The molecular formula is C9H11ClO3S. The summed E-state index contributed by atoms with van der Waals surface area (Å²) in [6, 6.07) is 1.65. The molecule has 0 amide bonds. The largest absolute Gasteiger partial charge is 0.495 e. The van der Waals surface area contributed by atoms with E-state index in [-0.39, 0.29) is 4.90 Å². The maximum absolute atomic E-state index is 11.0. The Hall–Kier alpha value is -0.580. The molecule has 3 nitrogen and oxygen atoms in total. The van der Waals surface area contributed by atoms with Gasteiger partial charge in [0.1, 0.15) is 10.6 Å². The van der Waals surface area contributed by atoms with Crippen molar-refractivity contribution in [2.24, 2.45) is 0 Å². The molecule has 0 fully saturated rings. The number of halogens is 1. The maximum Gasteiger partial charge on any atom is 0.190 e. The lowest BCUT2D eigenvalue weighted by atomic mass is 10.1. The van der Waals surface area contributed by atoms with Gasteiger partial charge in [0.2, 0.25) is 0 Å². The number of rotatable bonds is 2. The van der Waals surface area contributed by atoms with Gasteiger partial charge in [-0.2, -0.15) is 0 Å². The maximum atomic E-state index is 11.0. The van der Waals surface area contributed by atoms with Crippen molar-refractivity contribution in [1.29, 1.82) is 0 Å². The molecule has 5 heteroatoms. The minimum Gasteiger partial charge on any atom is -0.495 e. The van der Waals surface area contributed by atoms with Gasteiger partial charge in [0, 0.05) is 5.02 Å². The number of methoxy groups -OCH3 is 1. The van der Waals surface area contributed by atoms with E-state index >= 15 is 0 Å². The molecular weight excluding hydrogens is 224 g/mol. The first-order chi connectivity index (χ1) is 6.49. The minimum atomic E-state index is -2.08. The molecule has 0 aliphatic heterocycles. The first-order valence-corrected chi connectivity index (χ1v) is 5.42. The van der Waals surface area contributed by atoms with Crippen molar-refractivity contribution in [3.63, 3.8) is 0 Å². The van der Waals surface area contributed by atoms with Crippen LogP contribution in [0.15, 0.2) is 11.0 Å². The minimum absolute atomic E-state index is 0.239. The van der Waals surface area contributed by atoms with Gasteiger partial charge in [0.05, 0.1) is 7.11 Å². The second-order valence-corrected chi connectivity index (χ2v) is 4.20. The van der Waals surface area contributed by atoms with Crippen LogP contribution >= 0.6 is 11.6 Å². The number of hydrogen-bond acceptors (Lipinski definition) is 2. The molecule has 1 atom stereocenters. The highest BCUT2D eigenvalue weighted by Crippen LogP contribution is 2.33. The van der Waals surface area contributed by atoms with E-state index in [1.54, 1.807) is 13.0 Å². The summed E-state index contributed by atoms with van der Waals surface area (Å²) in [5, 5.41) is 0.503. The van der Waals surface area contributed by atoms with E-state index in [0.29, 0.717) is 16.3 Å². The Labute approximate surface area is 90.3 Å². The first-order valence-electron chi connectivity index (χ1n) is 3.93. The summed E-state index contributed by atoms with van der Waals surface area (Å²) in [5.41, 5.74) is 1.42. The van der Waals surface area contributed by atoms with Gasteiger partial charge < -0.3 is 9.29 Å². The molecule has 0 aliphatic rings. The summed E-state index contributed by atoms with van der Waals surface area (Å²) in [6.07, 6.45) is 0. The van der Waals surface area contributed by atoms with E-state index in [1.165, 1.54) is 7.11 Å². The summed E-state index contributed by atoms with van der Waals surface area (Å²) in [5.74, 6) is 0.394. The molecule has 1 aromatic carbocycles. The molecule has 0 bridgehead atoms. The third-order valence-electron chi connectivity index (χ3n) is 1.98. The van der Waals surface area contributed by atoms with Gasteiger partial charge in [-0.1, -0.05) is 11.6 Å². The Morgan fingerprint density at radius 1 is 1.50 bits per heavy atom. The summed E-state index contributed by atoms with van der Waals surface area (Å²) in [4.78, 5) is 0.239. The molecule has 14 heavy (non-hydrogen) atoms. The Kier molecular flexibility index (Phi) is 3.53. The van der Waals surface area contributed by atoms with Crippen LogP contribution in [0, 0.1) is 13.8 Å². The van der Waals surface area contributed by atoms with Gasteiger partial charge in [-0.15, -0.1) is 0 Å². The van der Waals surface area contributed by atoms with Crippen molar-refractivity contribution in [2.45, 2.75) is 18.7 Å². The number of aryl methyl sites for hydroxylation is 1. The lowest BCUT2D eigenvalue weighted by molar-refractivity contribution is 0.401. The average molecular weight is 235 g/mol. The lowest BCUT2D eigenvalue weighted by Crippen LogP contribution is -1.99. The molecule has 0 aliphatic carbocycles. The van der Waals surface area contributed by atoms with Crippen LogP contribution in [0.25, 0.3) is 0 Å². The summed E-state index contributed by atoms with van der Waals surface area (Å²) in [7, 11) is 1.46. The topological polar surface area (TPSA) is 46.5 Å². The SMILES string of the molecule is COc1cc(C)c(Cl)c(C)c1S(=O)O. The Morgan fingerprint density at radius 2 is 2.07 bits per heavy atom. The summed E-state index contributed by atoms with van der Waals surface area (Å²) < 4.78 is 25.1. The number of benzene rings is 1. The van der Waals surface area contributed by atoms with Gasteiger partial charge >= 0.3 is 0 Å². The predicted octanol–water partition coefficient (Wildman–Crippen LogP) is 2.55. The van der Waals surface area contributed by atoms with Gasteiger partial charge in [0.15, 0.2) is 11.1 Å². The van der Waals surface area contributed by atoms with Gasteiger partial charge in [0.25, 0.3) is 0 Å². The van der Waals surface area contributed by atoms with Crippen LogP contribution in [-0.4, -0.2) is 15.9 Å². The molecule has 78 valence electrons. The van der Waals surface area contributed by atoms with Crippen LogP contribution in [0.1, 0.15) is 11.1 Å². The van der Waals surface area contributed by atoms with Crippen molar-refractivity contribution < 1.29 is 13.5 Å². The zero-order chi connectivity index (χ0) is 10.9. The monoisotopic (exact) mass is 234 g/mol. The second kappa shape index (κ2) is 4.29. The zero-order valence-electron chi connectivity index (χ0n) is 8.13. The van der Waals surface area contributed by atoms with Crippen molar-refractivity contribution >= 4 is 22.7 Å². The van der Waals surface area contributed by atoms with Crippen LogP contribution < -0.4 is 4.74 Å². The Balaban J connectivity index is 3.53. The molecule has 1 N–H and O–H groups in total. The van der Waals surface area contributed by atoms with Crippen molar-refractivity contribution in [3.8, 4) is 5.75 Å². The highest BCUT2D eigenvalue weighted by atomic mass is 35.5. The Bertz CT molecular complexity index is 390. The van der Waals surface area contributed by atoms with E-state index in [9.17, 15) is 4.21 Å². The molecule has 1 unspecified atom stereocenters. The molecule has 0 radical (unpaired) electrons. The van der Waals surface area contributed by atoms with Crippen molar-refractivity contribution in [2.75, 3.05) is 7.11 Å². The van der Waals surface area contributed by atoms with Crippen LogP contribution in [0.4, 0.5) is 0 Å². The fourth-order valence-corrected chi connectivity index (χ4v) is 2.16. The molecule has 0 spiro atoms. The lowest BCUT2D eigenvalue weighted by Gasteiger charge is -2.11. The number of ether oxygens (including phenoxy) is 1. The van der Waals surface area contributed by atoms with E-state index in [2.05, 4.69) is 0 Å². The van der Waals surface area contributed by atoms with Crippen molar-refractivity contribution in [3.05, 3.63) is 22.2 Å². The van der Waals surface area contributed by atoms with E-state index in [0.717, 1.165) is 5.56 Å². The molecule has 0 aromatic heterocycles.